The molecule has 0 spiro atoms. The summed E-state index contributed by atoms with van der Waals surface area (Å²) in [5.74, 6) is -1.82. The Kier molecular flexibility index (Phi) is 5.37. The third-order valence-corrected chi connectivity index (χ3v) is 4.83. The normalized spacial score (nSPS) is 13.4. The highest BCUT2D eigenvalue weighted by Gasteiger charge is 2.14. The Bertz CT molecular complexity index is 997. The van der Waals surface area contributed by atoms with Crippen LogP contribution in [0.2, 0.25) is 0 Å². The first kappa shape index (κ1) is 18.9. The molecule has 0 aliphatic carbocycles. The van der Waals surface area contributed by atoms with Gasteiger partial charge in [-0.25, -0.2) is 13.8 Å². The lowest BCUT2D eigenvalue weighted by atomic mass is 10.2. The summed E-state index contributed by atoms with van der Waals surface area (Å²) in [5, 5.41) is 5.42. The number of rotatable bonds is 5. The van der Waals surface area contributed by atoms with Gasteiger partial charge in [0.25, 0.3) is 5.91 Å². The number of carbonyl (C=O) groups is 1. The van der Waals surface area contributed by atoms with Crippen LogP contribution in [0.15, 0.2) is 60.8 Å². The highest BCUT2D eigenvalue weighted by Crippen LogP contribution is 2.24. The highest BCUT2D eigenvalue weighted by atomic mass is 19.1. The molecule has 1 saturated heterocycles. The number of para-hydroxylation sites is 1. The van der Waals surface area contributed by atoms with Gasteiger partial charge in [-0.2, -0.15) is 0 Å². The lowest BCUT2D eigenvalue weighted by Gasteiger charge is -2.18. The summed E-state index contributed by atoms with van der Waals surface area (Å²) in [6.07, 6.45) is 3.90. The standard InChI is InChI=1S/C22H20F2N4O/c23-18-4-3-5-19(24)21(18)27-22(29)15-10-11-25-20(14-15)26-16-6-8-17(9-7-16)28-12-1-2-13-28/h3-11,14H,1-2,12-13H2,(H,25,26)(H,27,29). The minimum atomic E-state index is -0.830. The Morgan fingerprint density at radius 3 is 2.34 bits per heavy atom. The summed E-state index contributed by atoms with van der Waals surface area (Å²) in [4.78, 5) is 19.0. The summed E-state index contributed by atoms with van der Waals surface area (Å²) in [7, 11) is 0. The van der Waals surface area contributed by atoms with E-state index < -0.39 is 23.2 Å². The fraction of sp³-hybridized carbons (Fsp3) is 0.182. The molecule has 1 fully saturated rings. The first-order valence-corrected chi connectivity index (χ1v) is 9.43. The number of pyridine rings is 1. The Labute approximate surface area is 167 Å². The van der Waals surface area contributed by atoms with Crippen LogP contribution in [0, 0.1) is 11.6 Å². The number of anilines is 4. The topological polar surface area (TPSA) is 57.3 Å². The van der Waals surface area contributed by atoms with Crippen LogP contribution in [0.5, 0.6) is 0 Å². The quantitative estimate of drug-likeness (QED) is 0.643. The molecule has 7 heteroatoms. The van der Waals surface area contributed by atoms with Crippen LogP contribution < -0.4 is 15.5 Å². The molecule has 2 heterocycles. The van der Waals surface area contributed by atoms with Crippen molar-refractivity contribution in [2.24, 2.45) is 0 Å². The smallest absolute Gasteiger partial charge is 0.256 e. The molecular formula is C22H20F2N4O. The Morgan fingerprint density at radius 2 is 1.66 bits per heavy atom. The molecular weight excluding hydrogens is 374 g/mol. The van der Waals surface area contributed by atoms with Crippen molar-refractivity contribution in [3.05, 3.63) is 78.0 Å². The molecule has 0 radical (unpaired) electrons. The monoisotopic (exact) mass is 394 g/mol. The van der Waals surface area contributed by atoms with Crippen LogP contribution in [0.3, 0.4) is 0 Å². The third-order valence-electron chi connectivity index (χ3n) is 4.83. The summed E-state index contributed by atoms with van der Waals surface area (Å²) in [5.41, 5.74) is 1.78. The largest absolute Gasteiger partial charge is 0.372 e. The number of halogens is 2. The van der Waals surface area contributed by atoms with E-state index in [9.17, 15) is 13.6 Å². The highest BCUT2D eigenvalue weighted by molar-refractivity contribution is 6.04. The van der Waals surface area contributed by atoms with Crippen LogP contribution in [-0.4, -0.2) is 24.0 Å². The van der Waals surface area contributed by atoms with Crippen LogP contribution in [0.1, 0.15) is 23.2 Å². The summed E-state index contributed by atoms with van der Waals surface area (Å²) >= 11 is 0. The number of aromatic nitrogens is 1. The Balaban J connectivity index is 1.46. The average Bonchev–Trinajstić information content (AvgIpc) is 3.26. The zero-order chi connectivity index (χ0) is 20.2. The number of nitrogens with one attached hydrogen (secondary N) is 2. The van der Waals surface area contributed by atoms with E-state index in [-0.39, 0.29) is 5.56 Å². The van der Waals surface area contributed by atoms with Crippen molar-refractivity contribution in [3.63, 3.8) is 0 Å². The SMILES string of the molecule is O=C(Nc1c(F)cccc1F)c1ccnc(Nc2ccc(N3CCCC3)cc2)c1. The van der Waals surface area contributed by atoms with Gasteiger partial charge in [-0.3, -0.25) is 4.79 Å². The van der Waals surface area contributed by atoms with Gasteiger partial charge in [-0.1, -0.05) is 6.07 Å². The molecule has 2 N–H and O–H groups in total. The van der Waals surface area contributed by atoms with Crippen LogP contribution in [0.25, 0.3) is 0 Å². The van der Waals surface area contributed by atoms with Crippen molar-refractivity contribution < 1.29 is 13.6 Å². The van der Waals surface area contributed by atoms with Crippen molar-refractivity contribution >= 4 is 28.8 Å². The lowest BCUT2D eigenvalue weighted by Crippen LogP contribution is -2.17. The zero-order valence-corrected chi connectivity index (χ0v) is 15.7. The number of benzene rings is 2. The number of hydrogen-bond donors (Lipinski definition) is 2. The molecule has 4 rings (SSSR count). The minimum absolute atomic E-state index is 0.235. The molecule has 0 unspecified atom stereocenters. The van der Waals surface area contributed by atoms with Gasteiger partial charge in [0.05, 0.1) is 0 Å². The van der Waals surface area contributed by atoms with E-state index >= 15 is 0 Å². The van der Waals surface area contributed by atoms with Gasteiger partial charge in [-0.05, 0) is 61.4 Å². The van der Waals surface area contributed by atoms with E-state index in [4.69, 9.17) is 0 Å². The van der Waals surface area contributed by atoms with Gasteiger partial charge in [-0.15, -0.1) is 0 Å². The van der Waals surface area contributed by atoms with Gasteiger partial charge in [0.1, 0.15) is 23.1 Å². The molecule has 0 saturated carbocycles. The van der Waals surface area contributed by atoms with Gasteiger partial charge in [0.2, 0.25) is 0 Å². The van der Waals surface area contributed by atoms with Crippen molar-refractivity contribution in [1.29, 1.82) is 0 Å². The zero-order valence-electron chi connectivity index (χ0n) is 15.7. The van der Waals surface area contributed by atoms with Crippen LogP contribution in [-0.2, 0) is 0 Å². The van der Waals surface area contributed by atoms with Crippen molar-refractivity contribution in [3.8, 4) is 0 Å². The Hall–Kier alpha value is -3.48. The maximum atomic E-state index is 13.8. The summed E-state index contributed by atoms with van der Waals surface area (Å²) < 4.78 is 27.5. The van der Waals surface area contributed by atoms with Crippen molar-refractivity contribution in [2.45, 2.75) is 12.8 Å². The molecule has 1 aliphatic rings. The number of amides is 1. The molecule has 1 aromatic heterocycles. The summed E-state index contributed by atoms with van der Waals surface area (Å²) in [6.45, 7) is 2.15. The second-order valence-corrected chi connectivity index (χ2v) is 6.85. The Morgan fingerprint density at radius 1 is 0.966 bits per heavy atom. The van der Waals surface area contributed by atoms with Gasteiger partial charge >= 0.3 is 0 Å². The molecule has 2 aromatic carbocycles. The maximum absolute atomic E-state index is 13.8. The maximum Gasteiger partial charge on any atom is 0.256 e. The second-order valence-electron chi connectivity index (χ2n) is 6.85. The predicted octanol–water partition coefficient (Wildman–Crippen LogP) is 4.96. The first-order chi connectivity index (χ1) is 14.1. The minimum Gasteiger partial charge on any atom is -0.372 e. The molecule has 148 valence electrons. The molecule has 1 aliphatic heterocycles. The van der Waals surface area contributed by atoms with Crippen molar-refractivity contribution in [2.75, 3.05) is 28.6 Å². The number of hydrogen-bond acceptors (Lipinski definition) is 4. The molecule has 3 aromatic rings. The molecule has 0 bridgehead atoms. The fourth-order valence-electron chi connectivity index (χ4n) is 3.32. The summed E-state index contributed by atoms with van der Waals surface area (Å²) in [6, 6.07) is 14.4. The first-order valence-electron chi connectivity index (χ1n) is 9.43. The lowest BCUT2D eigenvalue weighted by molar-refractivity contribution is 0.102. The van der Waals surface area contributed by atoms with Gasteiger partial charge in [0, 0.05) is 36.2 Å². The van der Waals surface area contributed by atoms with E-state index in [0.717, 1.165) is 30.9 Å². The van der Waals surface area contributed by atoms with E-state index in [1.807, 2.05) is 24.3 Å². The van der Waals surface area contributed by atoms with Gasteiger partial charge in [0.15, 0.2) is 0 Å². The van der Waals surface area contributed by atoms with Crippen molar-refractivity contribution in [1.82, 2.24) is 4.98 Å². The molecule has 1 amide bonds. The molecule has 5 nitrogen and oxygen atoms in total. The van der Waals surface area contributed by atoms with E-state index in [1.165, 1.54) is 42.9 Å². The molecule has 0 atom stereocenters. The third kappa shape index (κ3) is 4.34. The predicted molar refractivity (Wildman–Crippen MR) is 110 cm³/mol. The van der Waals surface area contributed by atoms with E-state index in [1.54, 1.807) is 0 Å². The van der Waals surface area contributed by atoms with E-state index in [0.29, 0.717) is 5.82 Å². The molecule has 29 heavy (non-hydrogen) atoms. The van der Waals surface area contributed by atoms with E-state index in [2.05, 4.69) is 20.5 Å². The number of nitrogens with zero attached hydrogens (tertiary/aromatic N) is 2. The van der Waals surface area contributed by atoms with Crippen LogP contribution in [0.4, 0.5) is 31.7 Å². The number of carbonyl (C=O) groups excluding carboxylic acids is 1. The van der Waals surface area contributed by atoms with Crippen LogP contribution >= 0.6 is 0 Å². The second kappa shape index (κ2) is 8.26. The fourth-order valence-corrected chi connectivity index (χ4v) is 3.32. The van der Waals surface area contributed by atoms with Gasteiger partial charge < -0.3 is 15.5 Å². The average molecular weight is 394 g/mol.